The Kier molecular flexibility index (Phi) is 6.09. The van der Waals surface area contributed by atoms with Crippen molar-refractivity contribution >= 4 is 6.09 Å². The number of allylic oxidation sites excluding steroid dienone is 1. The highest BCUT2D eigenvalue weighted by Gasteiger charge is 2.30. The number of amides is 1. The molecule has 2 radical (unpaired) electrons. The predicted molar refractivity (Wildman–Crippen MR) is 82.9 cm³/mol. The molecule has 1 aliphatic carbocycles. The molecule has 20 heavy (non-hydrogen) atoms. The molecule has 3 heteroatoms. The quantitative estimate of drug-likeness (QED) is 0.734. The van der Waals surface area contributed by atoms with E-state index in [1.165, 1.54) is 18.4 Å². The van der Waals surface area contributed by atoms with Crippen LogP contribution < -0.4 is 5.32 Å². The first-order chi connectivity index (χ1) is 9.27. The van der Waals surface area contributed by atoms with Crippen molar-refractivity contribution in [2.75, 3.05) is 0 Å². The molecule has 1 unspecified atom stereocenters. The molecule has 0 heterocycles. The lowest BCUT2D eigenvalue weighted by molar-refractivity contribution is 0.0533. The smallest absolute Gasteiger partial charge is 0.407 e. The van der Waals surface area contributed by atoms with Gasteiger partial charge in [0.25, 0.3) is 0 Å². The minimum absolute atomic E-state index is 0.175. The molecule has 0 spiro atoms. The van der Waals surface area contributed by atoms with E-state index in [-0.39, 0.29) is 11.5 Å². The molecule has 1 rings (SSSR count). The zero-order valence-electron chi connectivity index (χ0n) is 13.6. The summed E-state index contributed by atoms with van der Waals surface area (Å²) in [5.41, 5.74) is 0.764. The van der Waals surface area contributed by atoms with Crippen molar-refractivity contribution in [2.45, 2.75) is 72.3 Å². The number of hydrogen-bond acceptors (Lipinski definition) is 2. The van der Waals surface area contributed by atoms with E-state index >= 15 is 0 Å². The van der Waals surface area contributed by atoms with Gasteiger partial charge in [0.15, 0.2) is 0 Å². The van der Waals surface area contributed by atoms with E-state index in [2.05, 4.69) is 31.7 Å². The first-order valence-corrected chi connectivity index (χ1v) is 7.64. The molecule has 0 bridgehead atoms. The molecule has 3 nitrogen and oxygen atoms in total. The number of alkyl carbamates (subject to hydrolysis) is 1. The van der Waals surface area contributed by atoms with Gasteiger partial charge >= 0.3 is 6.09 Å². The third kappa shape index (κ3) is 5.56. The monoisotopic (exact) mass is 279 g/mol. The Morgan fingerprint density at radius 1 is 1.35 bits per heavy atom. The number of carbonyl (C=O) groups excluding carboxylic acids is 1. The summed E-state index contributed by atoms with van der Waals surface area (Å²) < 4.78 is 5.28. The number of ether oxygens (including phenoxy) is 1. The van der Waals surface area contributed by atoms with Gasteiger partial charge in [0.2, 0.25) is 0 Å². The maximum atomic E-state index is 11.8. The summed E-state index contributed by atoms with van der Waals surface area (Å²) in [6.45, 7) is 11.8. The Bertz CT molecular complexity index is 354. The van der Waals surface area contributed by atoms with Gasteiger partial charge in [-0.15, -0.1) is 0 Å². The van der Waals surface area contributed by atoms with E-state index in [0.717, 1.165) is 19.3 Å². The maximum Gasteiger partial charge on any atom is 0.407 e. The topological polar surface area (TPSA) is 38.3 Å². The van der Waals surface area contributed by atoms with E-state index in [9.17, 15) is 4.79 Å². The summed E-state index contributed by atoms with van der Waals surface area (Å²) in [4.78, 5) is 11.8. The second-order valence-corrected chi connectivity index (χ2v) is 6.66. The number of carbonyl (C=O) groups is 1. The van der Waals surface area contributed by atoms with Crippen LogP contribution in [-0.2, 0) is 4.74 Å². The van der Waals surface area contributed by atoms with Gasteiger partial charge in [-0.2, -0.15) is 0 Å². The van der Waals surface area contributed by atoms with E-state index in [4.69, 9.17) is 4.74 Å². The van der Waals surface area contributed by atoms with Gasteiger partial charge in [-0.25, -0.2) is 4.79 Å². The van der Waals surface area contributed by atoms with Crippen LogP contribution in [0.1, 0.15) is 66.7 Å². The van der Waals surface area contributed by atoms with E-state index in [0.29, 0.717) is 0 Å². The van der Waals surface area contributed by atoms with Gasteiger partial charge in [0.1, 0.15) is 5.60 Å². The lowest BCUT2D eigenvalue weighted by Gasteiger charge is -2.34. The normalized spacial score (nSPS) is 18.9. The molecule has 0 aliphatic heterocycles. The van der Waals surface area contributed by atoms with Crippen molar-refractivity contribution in [2.24, 2.45) is 5.41 Å². The number of nitrogens with one attached hydrogen (secondary N) is 1. The van der Waals surface area contributed by atoms with Crippen molar-refractivity contribution < 1.29 is 9.53 Å². The molecule has 1 N–H and O–H groups in total. The van der Waals surface area contributed by atoms with Gasteiger partial charge in [-0.3, -0.25) is 0 Å². The molecule has 0 aromatic carbocycles. The van der Waals surface area contributed by atoms with E-state index in [1.54, 1.807) is 0 Å². The SMILES string of the molecule is CC[CH]C(C)([CH]NC(=O)OC(C)(C)C)C1=CCCCC1. The zero-order chi connectivity index (χ0) is 15.2. The molecular weight excluding hydrogens is 250 g/mol. The number of hydrogen-bond donors (Lipinski definition) is 1. The molecule has 0 saturated heterocycles. The highest BCUT2D eigenvalue weighted by atomic mass is 16.6. The molecule has 114 valence electrons. The van der Waals surface area contributed by atoms with Gasteiger partial charge in [-0.05, 0) is 52.9 Å². The van der Waals surface area contributed by atoms with Crippen molar-refractivity contribution in [3.05, 3.63) is 24.6 Å². The van der Waals surface area contributed by atoms with Crippen LogP contribution in [0.25, 0.3) is 0 Å². The van der Waals surface area contributed by atoms with E-state index < -0.39 is 5.60 Å². The van der Waals surface area contributed by atoms with Gasteiger partial charge in [0.05, 0.1) is 6.54 Å². The molecule has 0 saturated carbocycles. The first kappa shape index (κ1) is 17.1. The Morgan fingerprint density at radius 2 is 2.05 bits per heavy atom. The highest BCUT2D eigenvalue weighted by molar-refractivity contribution is 5.68. The van der Waals surface area contributed by atoms with E-state index in [1.807, 2.05) is 27.3 Å². The molecule has 0 aromatic rings. The standard InChI is InChI=1S/C17H29NO2/c1-6-12-17(5,14-10-8-7-9-11-14)13-18-15(19)20-16(2,3)4/h10,12-13H,6-9,11H2,1-5H3,(H,18,19). The Hall–Kier alpha value is -0.990. The fraction of sp³-hybridized carbons (Fsp3) is 0.706. The van der Waals surface area contributed by atoms with Crippen molar-refractivity contribution in [1.29, 1.82) is 0 Å². The van der Waals surface area contributed by atoms with Crippen molar-refractivity contribution in [3.63, 3.8) is 0 Å². The minimum Gasteiger partial charge on any atom is -0.444 e. The Morgan fingerprint density at radius 3 is 2.55 bits per heavy atom. The van der Waals surface area contributed by atoms with Crippen LogP contribution in [0.2, 0.25) is 0 Å². The summed E-state index contributed by atoms with van der Waals surface area (Å²) in [5, 5.41) is 2.80. The predicted octanol–water partition coefficient (Wildman–Crippen LogP) is 4.79. The summed E-state index contributed by atoms with van der Waals surface area (Å²) in [7, 11) is 0. The Labute approximate surface area is 124 Å². The average molecular weight is 279 g/mol. The zero-order valence-corrected chi connectivity index (χ0v) is 13.6. The molecule has 0 fully saturated rings. The first-order valence-electron chi connectivity index (χ1n) is 7.64. The van der Waals surface area contributed by atoms with Crippen molar-refractivity contribution in [3.8, 4) is 0 Å². The van der Waals surface area contributed by atoms with Crippen LogP contribution in [-0.4, -0.2) is 11.7 Å². The van der Waals surface area contributed by atoms with Gasteiger partial charge in [0, 0.05) is 5.41 Å². The fourth-order valence-corrected chi connectivity index (χ4v) is 2.55. The third-order valence-electron chi connectivity index (χ3n) is 3.50. The highest BCUT2D eigenvalue weighted by Crippen LogP contribution is 2.38. The summed E-state index contributed by atoms with van der Waals surface area (Å²) in [5.74, 6) is 0. The largest absolute Gasteiger partial charge is 0.444 e. The third-order valence-corrected chi connectivity index (χ3v) is 3.50. The molecular formula is C17H29NO2. The minimum atomic E-state index is -0.465. The van der Waals surface area contributed by atoms with Gasteiger partial charge in [-0.1, -0.05) is 31.9 Å². The average Bonchev–Trinajstić information content (AvgIpc) is 2.36. The number of rotatable bonds is 5. The van der Waals surface area contributed by atoms with Crippen LogP contribution >= 0.6 is 0 Å². The second-order valence-electron chi connectivity index (χ2n) is 6.66. The maximum absolute atomic E-state index is 11.8. The molecule has 1 amide bonds. The van der Waals surface area contributed by atoms with Crippen LogP contribution in [0.5, 0.6) is 0 Å². The fourth-order valence-electron chi connectivity index (χ4n) is 2.55. The van der Waals surface area contributed by atoms with Gasteiger partial charge < -0.3 is 10.1 Å². The summed E-state index contributed by atoms with van der Waals surface area (Å²) >= 11 is 0. The molecule has 0 aromatic heterocycles. The lowest BCUT2D eigenvalue weighted by atomic mass is 9.74. The molecule has 1 atom stereocenters. The summed E-state index contributed by atoms with van der Waals surface area (Å²) in [6.07, 6.45) is 9.92. The van der Waals surface area contributed by atoms with Crippen LogP contribution in [0.4, 0.5) is 4.79 Å². The Balaban J connectivity index is 2.62. The van der Waals surface area contributed by atoms with Crippen LogP contribution in [0, 0.1) is 18.4 Å². The second kappa shape index (κ2) is 7.14. The lowest BCUT2D eigenvalue weighted by Crippen LogP contribution is -2.36. The van der Waals surface area contributed by atoms with Crippen molar-refractivity contribution in [1.82, 2.24) is 5.32 Å². The summed E-state index contributed by atoms with van der Waals surface area (Å²) in [6, 6.07) is 0. The van der Waals surface area contributed by atoms with Crippen LogP contribution in [0.15, 0.2) is 11.6 Å². The van der Waals surface area contributed by atoms with Crippen LogP contribution in [0.3, 0.4) is 0 Å². The molecule has 1 aliphatic rings.